The van der Waals surface area contributed by atoms with Crippen LogP contribution in [0.3, 0.4) is 0 Å². The van der Waals surface area contributed by atoms with Gasteiger partial charge in [0.1, 0.15) is 11.6 Å². The quantitative estimate of drug-likeness (QED) is 0.835. The molecule has 0 radical (unpaired) electrons. The largest absolute Gasteiger partial charge is 0.379 e. The first kappa shape index (κ1) is 12.3. The minimum Gasteiger partial charge on any atom is -0.379 e. The summed E-state index contributed by atoms with van der Waals surface area (Å²) in [5.41, 5.74) is 1.13. The number of aromatic nitrogens is 2. The summed E-state index contributed by atoms with van der Waals surface area (Å²) in [6.45, 7) is 4.35. The van der Waals surface area contributed by atoms with Crippen molar-refractivity contribution in [3.8, 4) is 0 Å². The van der Waals surface area contributed by atoms with E-state index >= 15 is 0 Å². The van der Waals surface area contributed by atoms with Gasteiger partial charge in [-0.1, -0.05) is 0 Å². The highest BCUT2D eigenvalue weighted by Crippen LogP contribution is 2.21. The van der Waals surface area contributed by atoms with Crippen LogP contribution in [0.1, 0.15) is 17.8 Å². The Labute approximate surface area is 102 Å². The van der Waals surface area contributed by atoms with Crippen molar-refractivity contribution < 1.29 is 4.74 Å². The molecule has 1 aliphatic heterocycles. The molecule has 0 aromatic carbocycles. The molecule has 1 saturated heterocycles. The fraction of sp³-hybridized carbons (Fsp3) is 0.667. The number of hydrogen-bond donors (Lipinski definition) is 1. The SMILES string of the molecule is CNCc1cnc(C)nc1N(C)C1CCOC1. The molecule has 0 bridgehead atoms. The molecular formula is C12H20N4O. The molecular weight excluding hydrogens is 216 g/mol. The third-order valence-electron chi connectivity index (χ3n) is 3.12. The van der Waals surface area contributed by atoms with Crippen LogP contribution in [0.25, 0.3) is 0 Å². The molecule has 5 heteroatoms. The molecule has 1 aromatic rings. The molecule has 1 aromatic heterocycles. The van der Waals surface area contributed by atoms with Crippen LogP contribution in [-0.4, -0.2) is 43.3 Å². The van der Waals surface area contributed by atoms with Gasteiger partial charge in [0.05, 0.1) is 12.6 Å². The third-order valence-corrected chi connectivity index (χ3v) is 3.12. The fourth-order valence-electron chi connectivity index (χ4n) is 2.10. The maximum atomic E-state index is 5.43. The second-order valence-corrected chi connectivity index (χ2v) is 4.42. The molecule has 94 valence electrons. The van der Waals surface area contributed by atoms with E-state index < -0.39 is 0 Å². The lowest BCUT2D eigenvalue weighted by Gasteiger charge is -2.26. The predicted octanol–water partition coefficient (Wildman–Crippen LogP) is 0.730. The number of aryl methyl sites for hydroxylation is 1. The van der Waals surface area contributed by atoms with E-state index in [9.17, 15) is 0 Å². The smallest absolute Gasteiger partial charge is 0.136 e. The summed E-state index contributed by atoms with van der Waals surface area (Å²) < 4.78 is 5.43. The van der Waals surface area contributed by atoms with Gasteiger partial charge in [0, 0.05) is 32.0 Å². The molecule has 2 rings (SSSR count). The van der Waals surface area contributed by atoms with Crippen molar-refractivity contribution in [2.75, 3.05) is 32.2 Å². The topological polar surface area (TPSA) is 50.3 Å². The van der Waals surface area contributed by atoms with Crippen molar-refractivity contribution in [2.45, 2.75) is 25.9 Å². The van der Waals surface area contributed by atoms with Crippen LogP contribution in [0, 0.1) is 6.92 Å². The van der Waals surface area contributed by atoms with Gasteiger partial charge in [0.25, 0.3) is 0 Å². The first-order valence-corrected chi connectivity index (χ1v) is 6.00. The van der Waals surface area contributed by atoms with Gasteiger partial charge >= 0.3 is 0 Å². The van der Waals surface area contributed by atoms with Crippen LogP contribution in [0.4, 0.5) is 5.82 Å². The number of ether oxygens (including phenoxy) is 1. The second-order valence-electron chi connectivity index (χ2n) is 4.42. The zero-order valence-electron chi connectivity index (χ0n) is 10.7. The number of rotatable bonds is 4. The van der Waals surface area contributed by atoms with Gasteiger partial charge in [-0.3, -0.25) is 0 Å². The van der Waals surface area contributed by atoms with Crippen molar-refractivity contribution in [1.29, 1.82) is 0 Å². The summed E-state index contributed by atoms with van der Waals surface area (Å²) in [7, 11) is 4.02. The molecule has 5 nitrogen and oxygen atoms in total. The molecule has 1 atom stereocenters. The number of nitrogens with one attached hydrogen (secondary N) is 1. The number of nitrogens with zero attached hydrogens (tertiary/aromatic N) is 3. The van der Waals surface area contributed by atoms with Gasteiger partial charge < -0.3 is 15.0 Å². The highest BCUT2D eigenvalue weighted by Gasteiger charge is 2.23. The number of hydrogen-bond acceptors (Lipinski definition) is 5. The predicted molar refractivity (Wildman–Crippen MR) is 67.2 cm³/mol. The van der Waals surface area contributed by atoms with E-state index in [1.54, 1.807) is 0 Å². The average Bonchev–Trinajstić information content (AvgIpc) is 2.84. The molecule has 1 N–H and O–H groups in total. The second kappa shape index (κ2) is 5.42. The summed E-state index contributed by atoms with van der Waals surface area (Å²) in [4.78, 5) is 11.0. The molecule has 1 unspecified atom stereocenters. The molecule has 17 heavy (non-hydrogen) atoms. The number of anilines is 1. The molecule has 0 amide bonds. The lowest BCUT2D eigenvalue weighted by molar-refractivity contribution is 0.193. The normalized spacial score (nSPS) is 19.6. The summed E-state index contributed by atoms with van der Waals surface area (Å²) >= 11 is 0. The van der Waals surface area contributed by atoms with Crippen LogP contribution < -0.4 is 10.2 Å². The summed E-state index contributed by atoms with van der Waals surface area (Å²) in [6, 6.07) is 0.430. The van der Waals surface area contributed by atoms with Crippen molar-refractivity contribution >= 4 is 5.82 Å². The summed E-state index contributed by atoms with van der Waals surface area (Å²) in [5.74, 6) is 1.83. The Kier molecular flexibility index (Phi) is 3.91. The van der Waals surface area contributed by atoms with Gasteiger partial charge in [-0.05, 0) is 20.4 Å². The van der Waals surface area contributed by atoms with Crippen LogP contribution in [0.2, 0.25) is 0 Å². The fourth-order valence-corrected chi connectivity index (χ4v) is 2.10. The van der Waals surface area contributed by atoms with Gasteiger partial charge in [0.2, 0.25) is 0 Å². The maximum absolute atomic E-state index is 5.43. The van der Waals surface area contributed by atoms with Crippen molar-refractivity contribution in [3.05, 3.63) is 17.6 Å². The lowest BCUT2D eigenvalue weighted by Crippen LogP contribution is -2.34. The van der Waals surface area contributed by atoms with E-state index in [0.717, 1.165) is 43.4 Å². The Bertz CT molecular complexity index is 377. The first-order valence-electron chi connectivity index (χ1n) is 6.00. The Balaban J connectivity index is 2.24. The molecule has 2 heterocycles. The van der Waals surface area contributed by atoms with Crippen molar-refractivity contribution in [2.24, 2.45) is 0 Å². The average molecular weight is 236 g/mol. The van der Waals surface area contributed by atoms with Gasteiger partial charge in [-0.2, -0.15) is 0 Å². The number of likely N-dealkylation sites (N-methyl/N-ethyl adjacent to an activating group) is 1. The van der Waals surface area contributed by atoms with E-state index in [0.29, 0.717) is 6.04 Å². The summed E-state index contributed by atoms with van der Waals surface area (Å²) in [6.07, 6.45) is 2.97. The Morgan fingerprint density at radius 1 is 1.59 bits per heavy atom. The highest BCUT2D eigenvalue weighted by molar-refractivity contribution is 5.46. The standard InChI is InChI=1S/C12H20N4O/c1-9-14-7-10(6-13-2)12(15-9)16(3)11-4-5-17-8-11/h7,11,13H,4-6,8H2,1-3H3. The van der Waals surface area contributed by atoms with Gasteiger partial charge in [0.15, 0.2) is 0 Å². The van der Waals surface area contributed by atoms with E-state index in [-0.39, 0.29) is 0 Å². The maximum Gasteiger partial charge on any atom is 0.136 e. The van der Waals surface area contributed by atoms with Crippen molar-refractivity contribution in [3.63, 3.8) is 0 Å². The zero-order valence-corrected chi connectivity index (χ0v) is 10.7. The third kappa shape index (κ3) is 2.73. The summed E-state index contributed by atoms with van der Waals surface area (Å²) in [5, 5.41) is 3.15. The highest BCUT2D eigenvalue weighted by atomic mass is 16.5. The van der Waals surface area contributed by atoms with Crippen LogP contribution in [0.15, 0.2) is 6.20 Å². The van der Waals surface area contributed by atoms with Gasteiger partial charge in [-0.15, -0.1) is 0 Å². The first-order chi connectivity index (χ1) is 8.22. The zero-order chi connectivity index (χ0) is 12.3. The van der Waals surface area contributed by atoms with Gasteiger partial charge in [-0.25, -0.2) is 9.97 Å². The van der Waals surface area contributed by atoms with E-state index in [4.69, 9.17) is 4.74 Å². The molecule has 1 aliphatic rings. The van der Waals surface area contributed by atoms with Crippen LogP contribution >= 0.6 is 0 Å². The Hall–Kier alpha value is -1.20. The van der Waals surface area contributed by atoms with E-state index in [2.05, 4.69) is 27.2 Å². The van der Waals surface area contributed by atoms with Crippen molar-refractivity contribution in [1.82, 2.24) is 15.3 Å². The van der Waals surface area contributed by atoms with E-state index in [1.807, 2.05) is 20.2 Å². The molecule has 0 aliphatic carbocycles. The van der Waals surface area contributed by atoms with Crippen LogP contribution in [-0.2, 0) is 11.3 Å². The Morgan fingerprint density at radius 2 is 2.41 bits per heavy atom. The van der Waals surface area contributed by atoms with Crippen LogP contribution in [0.5, 0.6) is 0 Å². The Morgan fingerprint density at radius 3 is 3.06 bits per heavy atom. The molecule has 0 saturated carbocycles. The minimum absolute atomic E-state index is 0.430. The molecule has 0 spiro atoms. The molecule has 1 fully saturated rings. The lowest BCUT2D eigenvalue weighted by atomic mass is 10.2. The minimum atomic E-state index is 0.430. The van der Waals surface area contributed by atoms with E-state index in [1.165, 1.54) is 0 Å². The monoisotopic (exact) mass is 236 g/mol.